The number of nitrogens with zero attached hydrogens (tertiary/aromatic N) is 1. The number of carbonyl (C=O) groups excluding carboxylic acids is 1. The van der Waals surface area contributed by atoms with E-state index in [0.717, 1.165) is 5.56 Å². The first-order valence-corrected chi connectivity index (χ1v) is 7.90. The van der Waals surface area contributed by atoms with Gasteiger partial charge in [-0.2, -0.15) is 5.10 Å². The third-order valence-electron chi connectivity index (χ3n) is 3.04. The molecule has 0 saturated carbocycles. The van der Waals surface area contributed by atoms with Gasteiger partial charge in [0, 0.05) is 5.02 Å². The summed E-state index contributed by atoms with van der Waals surface area (Å²) in [7, 11) is 1.56. The van der Waals surface area contributed by atoms with Crippen molar-refractivity contribution in [2.45, 2.75) is 6.92 Å². The van der Waals surface area contributed by atoms with E-state index in [-0.39, 0.29) is 5.56 Å². The van der Waals surface area contributed by atoms with Crippen LogP contribution in [0, 0.1) is 0 Å². The number of carbonyl (C=O) groups is 1. The Morgan fingerprint density at radius 1 is 1.21 bits per heavy atom. The minimum absolute atomic E-state index is 0.255. The molecule has 126 valence electrons. The van der Waals surface area contributed by atoms with Gasteiger partial charge in [0.25, 0.3) is 5.91 Å². The fraction of sp³-hybridized carbons (Fsp3) is 0.176. The quantitative estimate of drug-likeness (QED) is 0.616. The second kappa shape index (κ2) is 8.57. The van der Waals surface area contributed by atoms with E-state index < -0.39 is 5.91 Å². The molecule has 0 radical (unpaired) electrons. The molecule has 0 unspecified atom stereocenters. The van der Waals surface area contributed by atoms with Gasteiger partial charge in [0.05, 0.1) is 30.5 Å². The summed E-state index contributed by atoms with van der Waals surface area (Å²) >= 11 is 11.8. The lowest BCUT2D eigenvalue weighted by molar-refractivity contribution is 0.0955. The zero-order chi connectivity index (χ0) is 17.5. The molecular formula is C17H16Cl2N2O3. The highest BCUT2D eigenvalue weighted by atomic mass is 35.5. The number of nitrogens with one attached hydrogen (secondary N) is 1. The lowest BCUT2D eigenvalue weighted by Crippen LogP contribution is -2.18. The molecule has 24 heavy (non-hydrogen) atoms. The van der Waals surface area contributed by atoms with Crippen LogP contribution in [0.4, 0.5) is 0 Å². The highest BCUT2D eigenvalue weighted by Crippen LogP contribution is 2.27. The third kappa shape index (κ3) is 4.63. The standard InChI is InChI=1S/C17H16Cl2N2O3/c1-3-24-15-7-4-11(8-16(15)23-2)10-20-21-17(22)13-9-12(18)5-6-14(13)19/h4-10H,3H2,1-2H3,(H,21,22)/b20-10-. The van der Waals surface area contributed by atoms with Crippen LogP contribution in [0.3, 0.4) is 0 Å². The van der Waals surface area contributed by atoms with Gasteiger partial charge in [-0.25, -0.2) is 5.43 Å². The van der Waals surface area contributed by atoms with Gasteiger partial charge in [-0.15, -0.1) is 0 Å². The molecule has 0 spiro atoms. The number of methoxy groups -OCH3 is 1. The maximum absolute atomic E-state index is 12.1. The topological polar surface area (TPSA) is 59.9 Å². The molecule has 1 N–H and O–H groups in total. The fourth-order valence-corrected chi connectivity index (χ4v) is 2.31. The molecule has 2 aromatic carbocycles. The van der Waals surface area contributed by atoms with Crippen molar-refractivity contribution in [3.8, 4) is 11.5 Å². The highest BCUT2D eigenvalue weighted by molar-refractivity contribution is 6.35. The van der Waals surface area contributed by atoms with Crippen LogP contribution in [-0.2, 0) is 0 Å². The Balaban J connectivity index is 2.08. The van der Waals surface area contributed by atoms with Crippen LogP contribution >= 0.6 is 23.2 Å². The first-order valence-electron chi connectivity index (χ1n) is 7.14. The molecule has 0 aromatic heterocycles. The second-order valence-electron chi connectivity index (χ2n) is 4.67. The number of ether oxygens (including phenoxy) is 2. The maximum Gasteiger partial charge on any atom is 0.272 e. The number of rotatable bonds is 6. The van der Waals surface area contributed by atoms with Crippen molar-refractivity contribution < 1.29 is 14.3 Å². The van der Waals surface area contributed by atoms with Crippen LogP contribution in [0.15, 0.2) is 41.5 Å². The number of hydrogen-bond donors (Lipinski definition) is 1. The minimum atomic E-state index is -0.448. The van der Waals surface area contributed by atoms with Crippen LogP contribution in [0.1, 0.15) is 22.8 Å². The molecule has 0 aliphatic carbocycles. The molecule has 0 heterocycles. The zero-order valence-electron chi connectivity index (χ0n) is 13.2. The average molecular weight is 367 g/mol. The molecule has 7 heteroatoms. The summed E-state index contributed by atoms with van der Waals surface area (Å²) in [5, 5.41) is 4.64. The van der Waals surface area contributed by atoms with E-state index in [0.29, 0.717) is 28.2 Å². The van der Waals surface area contributed by atoms with E-state index in [4.69, 9.17) is 32.7 Å². The van der Waals surface area contributed by atoms with Crippen molar-refractivity contribution in [2.75, 3.05) is 13.7 Å². The van der Waals surface area contributed by atoms with Gasteiger partial charge in [0.2, 0.25) is 0 Å². The highest BCUT2D eigenvalue weighted by Gasteiger charge is 2.10. The van der Waals surface area contributed by atoms with E-state index in [2.05, 4.69) is 10.5 Å². The molecular weight excluding hydrogens is 351 g/mol. The Morgan fingerprint density at radius 2 is 2.00 bits per heavy atom. The normalized spacial score (nSPS) is 10.7. The number of hydrazone groups is 1. The molecule has 0 aliphatic heterocycles. The summed E-state index contributed by atoms with van der Waals surface area (Å²) in [6, 6.07) is 9.98. The Hall–Kier alpha value is -2.24. The first-order chi connectivity index (χ1) is 11.5. The molecule has 5 nitrogen and oxygen atoms in total. The van der Waals surface area contributed by atoms with Gasteiger partial charge in [-0.1, -0.05) is 23.2 Å². The average Bonchev–Trinajstić information content (AvgIpc) is 2.58. The SMILES string of the molecule is CCOc1ccc(/C=N\NC(=O)c2cc(Cl)ccc2Cl)cc1OC. The minimum Gasteiger partial charge on any atom is -0.493 e. The lowest BCUT2D eigenvalue weighted by atomic mass is 10.2. The molecule has 0 saturated heterocycles. The van der Waals surface area contributed by atoms with Crippen molar-refractivity contribution in [1.82, 2.24) is 5.43 Å². The first kappa shape index (κ1) is 18.1. The second-order valence-corrected chi connectivity index (χ2v) is 5.51. The number of halogens is 2. The zero-order valence-corrected chi connectivity index (χ0v) is 14.7. The van der Waals surface area contributed by atoms with E-state index in [1.54, 1.807) is 37.4 Å². The molecule has 0 fully saturated rings. The largest absolute Gasteiger partial charge is 0.493 e. The van der Waals surface area contributed by atoms with E-state index in [9.17, 15) is 4.79 Å². The van der Waals surface area contributed by atoms with Gasteiger partial charge in [0.1, 0.15) is 0 Å². The van der Waals surface area contributed by atoms with Gasteiger partial charge >= 0.3 is 0 Å². The third-order valence-corrected chi connectivity index (χ3v) is 3.60. The number of amides is 1. The predicted octanol–water partition coefficient (Wildman–Crippen LogP) is 4.16. The van der Waals surface area contributed by atoms with Crippen LogP contribution < -0.4 is 14.9 Å². The van der Waals surface area contributed by atoms with Crippen LogP contribution in [0.5, 0.6) is 11.5 Å². The van der Waals surface area contributed by atoms with Crippen molar-refractivity contribution in [3.63, 3.8) is 0 Å². The monoisotopic (exact) mass is 366 g/mol. The summed E-state index contributed by atoms with van der Waals surface area (Å²) in [4.78, 5) is 12.1. The Labute approximate surface area is 150 Å². The number of hydrogen-bond acceptors (Lipinski definition) is 4. The van der Waals surface area contributed by atoms with Crippen molar-refractivity contribution in [1.29, 1.82) is 0 Å². The molecule has 0 bridgehead atoms. The van der Waals surface area contributed by atoms with E-state index in [1.807, 2.05) is 6.92 Å². The van der Waals surface area contributed by atoms with Crippen LogP contribution in [-0.4, -0.2) is 25.8 Å². The summed E-state index contributed by atoms with van der Waals surface area (Å²) in [5.41, 5.74) is 3.41. The molecule has 2 rings (SSSR count). The van der Waals surface area contributed by atoms with Crippen molar-refractivity contribution in [3.05, 3.63) is 57.6 Å². The van der Waals surface area contributed by atoms with Crippen molar-refractivity contribution in [2.24, 2.45) is 5.10 Å². The summed E-state index contributed by atoms with van der Waals surface area (Å²) in [6.07, 6.45) is 1.49. The summed E-state index contributed by atoms with van der Waals surface area (Å²) in [5.74, 6) is 0.786. The Morgan fingerprint density at radius 3 is 2.71 bits per heavy atom. The summed E-state index contributed by atoms with van der Waals surface area (Å²) < 4.78 is 10.7. The maximum atomic E-state index is 12.1. The molecule has 2 aromatic rings. The van der Waals surface area contributed by atoms with Crippen LogP contribution in [0.2, 0.25) is 10.0 Å². The molecule has 0 aliphatic rings. The summed E-state index contributed by atoms with van der Waals surface area (Å²) in [6.45, 7) is 2.44. The Kier molecular flexibility index (Phi) is 6.46. The van der Waals surface area contributed by atoms with Gasteiger partial charge in [-0.05, 0) is 48.9 Å². The number of benzene rings is 2. The fourth-order valence-electron chi connectivity index (χ4n) is 1.94. The lowest BCUT2D eigenvalue weighted by Gasteiger charge is -2.09. The van der Waals surface area contributed by atoms with Gasteiger partial charge in [-0.3, -0.25) is 4.79 Å². The Bertz CT molecular complexity index is 763. The van der Waals surface area contributed by atoms with Crippen molar-refractivity contribution >= 4 is 35.3 Å². The molecule has 0 atom stereocenters. The van der Waals surface area contributed by atoms with E-state index >= 15 is 0 Å². The smallest absolute Gasteiger partial charge is 0.272 e. The van der Waals surface area contributed by atoms with Gasteiger partial charge in [0.15, 0.2) is 11.5 Å². The van der Waals surface area contributed by atoms with E-state index in [1.165, 1.54) is 12.3 Å². The van der Waals surface area contributed by atoms with Gasteiger partial charge < -0.3 is 9.47 Å². The molecule has 1 amide bonds. The predicted molar refractivity (Wildman–Crippen MR) is 95.7 cm³/mol. The van der Waals surface area contributed by atoms with Crippen LogP contribution in [0.25, 0.3) is 0 Å².